The van der Waals surface area contributed by atoms with Crippen molar-refractivity contribution in [2.24, 2.45) is 5.10 Å². The van der Waals surface area contributed by atoms with Crippen LogP contribution in [0.4, 0.5) is 0 Å². The van der Waals surface area contributed by atoms with E-state index in [9.17, 15) is 14.7 Å². The third-order valence-electron chi connectivity index (χ3n) is 4.60. The third kappa shape index (κ3) is 4.52. The summed E-state index contributed by atoms with van der Waals surface area (Å²) < 4.78 is 6.92. The van der Waals surface area contributed by atoms with E-state index in [2.05, 4.69) is 10.5 Å². The first kappa shape index (κ1) is 20.3. The minimum absolute atomic E-state index is 0.0904. The first-order valence-corrected chi connectivity index (χ1v) is 9.32. The second-order valence-electron chi connectivity index (χ2n) is 6.45. The molecule has 150 valence electrons. The Morgan fingerprint density at radius 2 is 1.86 bits per heavy atom. The molecule has 1 atom stereocenters. The number of benzene rings is 2. The monoisotopic (exact) mass is 393 g/mol. The molecule has 3 rings (SSSR count). The number of esters is 1. The van der Waals surface area contributed by atoms with Gasteiger partial charge in [-0.1, -0.05) is 48.5 Å². The van der Waals surface area contributed by atoms with E-state index in [0.29, 0.717) is 12.2 Å². The molecule has 0 radical (unpaired) electrons. The highest BCUT2D eigenvalue weighted by Crippen LogP contribution is 2.24. The van der Waals surface area contributed by atoms with E-state index in [1.807, 2.05) is 35.8 Å². The van der Waals surface area contributed by atoms with Crippen LogP contribution in [0.25, 0.3) is 10.9 Å². The fourth-order valence-corrected chi connectivity index (χ4v) is 3.17. The van der Waals surface area contributed by atoms with Crippen molar-refractivity contribution in [2.75, 3.05) is 6.61 Å². The summed E-state index contributed by atoms with van der Waals surface area (Å²) in [6, 6.07) is 16.3. The Morgan fingerprint density at radius 1 is 1.17 bits per heavy atom. The highest BCUT2D eigenvalue weighted by atomic mass is 16.5. The molecule has 3 aromatic rings. The molecule has 0 saturated carbocycles. The number of aromatic nitrogens is 1. The number of carbonyl (C=O) groups is 2. The largest absolute Gasteiger partial charge is 0.465 e. The van der Waals surface area contributed by atoms with E-state index in [1.165, 1.54) is 6.21 Å². The number of nitrogens with zero attached hydrogens (tertiary/aromatic N) is 2. The molecule has 29 heavy (non-hydrogen) atoms. The summed E-state index contributed by atoms with van der Waals surface area (Å²) in [6.07, 6.45) is 0.217. The van der Waals surface area contributed by atoms with Crippen molar-refractivity contribution in [3.63, 3.8) is 0 Å². The molecule has 0 aliphatic carbocycles. The fraction of sp³-hybridized carbons (Fsp3) is 0.227. The molecular weight excluding hydrogens is 370 g/mol. The number of para-hydroxylation sites is 1. The van der Waals surface area contributed by atoms with E-state index in [1.54, 1.807) is 37.3 Å². The molecule has 1 heterocycles. The van der Waals surface area contributed by atoms with Crippen LogP contribution in [0.3, 0.4) is 0 Å². The second-order valence-corrected chi connectivity index (χ2v) is 6.45. The van der Waals surface area contributed by atoms with Gasteiger partial charge in [-0.25, -0.2) is 5.43 Å². The molecule has 0 saturated heterocycles. The molecule has 7 nitrogen and oxygen atoms in total. The number of nitrogens with one attached hydrogen (secondary N) is 1. The minimum Gasteiger partial charge on any atom is -0.465 e. The summed E-state index contributed by atoms with van der Waals surface area (Å²) in [6.45, 7) is 4.05. The van der Waals surface area contributed by atoms with Gasteiger partial charge in [-0.05, 0) is 25.5 Å². The van der Waals surface area contributed by atoms with Crippen molar-refractivity contribution in [2.45, 2.75) is 26.5 Å². The Hall–Kier alpha value is -3.45. The van der Waals surface area contributed by atoms with E-state index < -0.39 is 12.0 Å². The van der Waals surface area contributed by atoms with Crippen molar-refractivity contribution in [1.82, 2.24) is 9.99 Å². The summed E-state index contributed by atoms with van der Waals surface area (Å²) in [5, 5.41) is 15.0. The topological polar surface area (TPSA) is 92.9 Å². The van der Waals surface area contributed by atoms with Gasteiger partial charge in [0.25, 0.3) is 5.91 Å². The van der Waals surface area contributed by atoms with Gasteiger partial charge in [-0.15, -0.1) is 0 Å². The molecule has 0 spiro atoms. The van der Waals surface area contributed by atoms with Crippen LogP contribution in [-0.2, 0) is 20.9 Å². The van der Waals surface area contributed by atoms with Crippen molar-refractivity contribution in [3.05, 3.63) is 71.4 Å². The van der Waals surface area contributed by atoms with Crippen molar-refractivity contribution in [3.8, 4) is 0 Å². The highest BCUT2D eigenvalue weighted by Gasteiger charge is 2.17. The first-order valence-electron chi connectivity index (χ1n) is 9.32. The van der Waals surface area contributed by atoms with Crippen LogP contribution in [0.1, 0.15) is 29.8 Å². The van der Waals surface area contributed by atoms with E-state index in [-0.39, 0.29) is 12.5 Å². The number of hydrogen-bond acceptors (Lipinski definition) is 5. The third-order valence-corrected chi connectivity index (χ3v) is 4.60. The maximum atomic E-state index is 12.2. The predicted molar refractivity (Wildman–Crippen MR) is 110 cm³/mol. The molecule has 7 heteroatoms. The number of rotatable bonds is 7. The number of fused-ring (bicyclic) bond motifs is 1. The van der Waals surface area contributed by atoms with Crippen LogP contribution in [0.5, 0.6) is 0 Å². The quantitative estimate of drug-likeness (QED) is 0.367. The molecular formula is C22H23N3O4. The number of hydrazone groups is 1. The normalized spacial score (nSPS) is 12.2. The first-order chi connectivity index (χ1) is 14.0. The molecule has 2 aromatic carbocycles. The minimum atomic E-state index is -1.31. The maximum absolute atomic E-state index is 12.2. The Bertz CT molecular complexity index is 1040. The number of hydrogen-bond donors (Lipinski definition) is 2. The van der Waals surface area contributed by atoms with Gasteiger partial charge in [0, 0.05) is 22.2 Å². The fourth-order valence-electron chi connectivity index (χ4n) is 3.17. The van der Waals surface area contributed by atoms with Gasteiger partial charge in [0.15, 0.2) is 6.10 Å². The van der Waals surface area contributed by atoms with Crippen molar-refractivity contribution < 1.29 is 19.4 Å². The predicted octanol–water partition coefficient (Wildman–Crippen LogP) is 2.70. The number of amides is 1. The zero-order valence-corrected chi connectivity index (χ0v) is 16.3. The molecule has 0 aliphatic heterocycles. The van der Waals surface area contributed by atoms with Gasteiger partial charge in [0.05, 0.1) is 12.8 Å². The van der Waals surface area contributed by atoms with Crippen LogP contribution in [0, 0.1) is 6.92 Å². The van der Waals surface area contributed by atoms with E-state index >= 15 is 0 Å². The zero-order valence-electron chi connectivity index (χ0n) is 16.3. The Kier molecular flexibility index (Phi) is 6.41. The Balaban J connectivity index is 1.82. The van der Waals surface area contributed by atoms with Crippen molar-refractivity contribution >= 4 is 29.0 Å². The summed E-state index contributed by atoms with van der Waals surface area (Å²) in [5.74, 6) is -0.945. The van der Waals surface area contributed by atoms with Gasteiger partial charge in [0.1, 0.15) is 6.54 Å². The number of aliphatic hydroxyl groups is 1. The second kappa shape index (κ2) is 9.16. The van der Waals surface area contributed by atoms with Crippen LogP contribution < -0.4 is 5.43 Å². The molecule has 0 fully saturated rings. The van der Waals surface area contributed by atoms with Crippen LogP contribution >= 0.6 is 0 Å². The zero-order chi connectivity index (χ0) is 20.8. The summed E-state index contributed by atoms with van der Waals surface area (Å²) >= 11 is 0. The summed E-state index contributed by atoms with van der Waals surface area (Å²) in [7, 11) is 0. The lowest BCUT2D eigenvalue weighted by Crippen LogP contribution is -2.25. The average Bonchev–Trinajstić information content (AvgIpc) is 3.00. The van der Waals surface area contributed by atoms with Gasteiger partial charge >= 0.3 is 5.97 Å². The van der Waals surface area contributed by atoms with E-state index in [0.717, 1.165) is 22.2 Å². The number of ether oxygens (including phenoxy) is 1. The number of carbonyl (C=O) groups excluding carboxylic acids is 2. The number of aliphatic hydroxyl groups excluding tert-OH is 1. The van der Waals surface area contributed by atoms with Crippen LogP contribution in [0.2, 0.25) is 0 Å². The Morgan fingerprint density at radius 3 is 2.59 bits per heavy atom. The SMILES string of the molecule is CCOC(=O)Cn1c(C)c(/C=N\NC(=O)[C@@H](O)c2ccccc2)c2ccccc21. The lowest BCUT2D eigenvalue weighted by atomic mass is 10.1. The maximum Gasteiger partial charge on any atom is 0.325 e. The summed E-state index contributed by atoms with van der Waals surface area (Å²) in [4.78, 5) is 24.1. The molecule has 2 N–H and O–H groups in total. The molecule has 0 bridgehead atoms. The highest BCUT2D eigenvalue weighted by molar-refractivity contribution is 6.01. The van der Waals surface area contributed by atoms with Gasteiger partial charge < -0.3 is 14.4 Å². The lowest BCUT2D eigenvalue weighted by molar-refractivity contribution is -0.143. The molecule has 1 amide bonds. The van der Waals surface area contributed by atoms with Gasteiger partial charge in [-0.3, -0.25) is 9.59 Å². The van der Waals surface area contributed by atoms with Crippen LogP contribution in [0.15, 0.2) is 59.7 Å². The molecule has 0 aliphatic rings. The van der Waals surface area contributed by atoms with Crippen LogP contribution in [-0.4, -0.2) is 34.4 Å². The van der Waals surface area contributed by atoms with E-state index in [4.69, 9.17) is 4.74 Å². The van der Waals surface area contributed by atoms with Gasteiger partial charge in [0.2, 0.25) is 0 Å². The lowest BCUT2D eigenvalue weighted by Gasteiger charge is -2.08. The van der Waals surface area contributed by atoms with Gasteiger partial charge in [-0.2, -0.15) is 5.10 Å². The molecule has 1 aromatic heterocycles. The summed E-state index contributed by atoms with van der Waals surface area (Å²) in [5.41, 5.74) is 5.33. The molecule has 0 unspecified atom stereocenters. The smallest absolute Gasteiger partial charge is 0.325 e. The average molecular weight is 393 g/mol. The standard InChI is InChI=1S/C22H23N3O4/c1-3-29-20(26)14-25-15(2)18(17-11-7-8-12-19(17)25)13-23-24-22(28)21(27)16-9-5-4-6-10-16/h4-13,21,27H,3,14H2,1-2H3,(H,24,28)/b23-13-/t21-/m0/s1. The Labute approximate surface area is 168 Å². The van der Waals surface area contributed by atoms with Crippen molar-refractivity contribution in [1.29, 1.82) is 0 Å².